The molecule has 10 heteroatoms. The summed E-state index contributed by atoms with van der Waals surface area (Å²) in [6.07, 6.45) is 1.59. The second-order valence-electron chi connectivity index (χ2n) is 8.38. The van der Waals surface area contributed by atoms with Crippen LogP contribution in [0.1, 0.15) is 29.1 Å². The van der Waals surface area contributed by atoms with E-state index in [0.29, 0.717) is 54.8 Å². The molecule has 0 aliphatic carbocycles. The first kappa shape index (κ1) is 24.5. The maximum atomic E-state index is 13.2. The zero-order valence-corrected chi connectivity index (χ0v) is 19.5. The number of nitrogens with zero attached hydrogens (tertiary/aromatic N) is 3. The molecule has 9 nitrogen and oxygen atoms in total. The Morgan fingerprint density at radius 1 is 1.20 bits per heavy atom. The van der Waals surface area contributed by atoms with Crippen molar-refractivity contribution in [1.82, 2.24) is 20.4 Å². The lowest BCUT2D eigenvalue weighted by Gasteiger charge is -2.31. The Morgan fingerprint density at radius 3 is 2.80 bits per heavy atom. The average molecular weight is 482 g/mol. The number of likely N-dealkylation sites (tertiary alicyclic amines) is 1. The summed E-state index contributed by atoms with van der Waals surface area (Å²) in [5.41, 5.74) is 1.55. The molecular formula is C25H28FN5O4. The van der Waals surface area contributed by atoms with Gasteiger partial charge in [-0.1, -0.05) is 17.3 Å². The highest BCUT2D eigenvalue weighted by molar-refractivity contribution is 6.04. The Bertz CT molecular complexity index is 1150. The van der Waals surface area contributed by atoms with Crippen LogP contribution in [0.25, 0.3) is 11.4 Å². The van der Waals surface area contributed by atoms with Gasteiger partial charge in [-0.25, -0.2) is 4.39 Å². The van der Waals surface area contributed by atoms with Crippen LogP contribution < -0.4 is 10.6 Å². The summed E-state index contributed by atoms with van der Waals surface area (Å²) < 4.78 is 23.5. The van der Waals surface area contributed by atoms with Crippen molar-refractivity contribution in [2.45, 2.75) is 19.4 Å². The SMILES string of the molecule is COCCNC(=O)c1ccccc1NC(=O)C1CCCN(Cc2nc(-c3ccc(F)cc3)no2)C1. The lowest BCUT2D eigenvalue weighted by molar-refractivity contribution is -0.121. The molecule has 0 saturated carbocycles. The first-order chi connectivity index (χ1) is 17.0. The first-order valence-corrected chi connectivity index (χ1v) is 11.5. The van der Waals surface area contributed by atoms with Gasteiger partial charge in [0.15, 0.2) is 0 Å². The van der Waals surface area contributed by atoms with Crippen molar-refractivity contribution in [3.05, 3.63) is 65.8 Å². The van der Waals surface area contributed by atoms with E-state index in [-0.39, 0.29) is 23.5 Å². The van der Waals surface area contributed by atoms with Gasteiger partial charge in [0.25, 0.3) is 5.91 Å². The number of rotatable bonds is 9. The average Bonchev–Trinajstić information content (AvgIpc) is 3.33. The minimum atomic E-state index is -0.329. The van der Waals surface area contributed by atoms with E-state index in [9.17, 15) is 14.0 Å². The van der Waals surface area contributed by atoms with Crippen molar-refractivity contribution in [3.63, 3.8) is 0 Å². The molecule has 1 fully saturated rings. The number of nitrogens with one attached hydrogen (secondary N) is 2. The fourth-order valence-corrected chi connectivity index (χ4v) is 4.03. The molecule has 1 saturated heterocycles. The standard InChI is InChI=1S/C25H28FN5O4/c1-34-14-12-27-25(33)20-6-2-3-7-21(20)28-24(32)18-5-4-13-31(15-18)16-22-29-23(30-35-22)17-8-10-19(26)11-9-17/h2-3,6-11,18H,4-5,12-16H2,1H3,(H,27,33)(H,28,32). The van der Waals surface area contributed by atoms with Gasteiger partial charge in [0.2, 0.25) is 17.6 Å². The van der Waals surface area contributed by atoms with Gasteiger partial charge >= 0.3 is 0 Å². The van der Waals surface area contributed by atoms with E-state index in [2.05, 4.69) is 25.7 Å². The van der Waals surface area contributed by atoms with Crippen LogP contribution in [0.2, 0.25) is 0 Å². The van der Waals surface area contributed by atoms with E-state index in [1.165, 1.54) is 12.1 Å². The van der Waals surface area contributed by atoms with Crippen LogP contribution in [0.15, 0.2) is 53.1 Å². The molecule has 184 valence electrons. The predicted molar refractivity (Wildman–Crippen MR) is 127 cm³/mol. The van der Waals surface area contributed by atoms with Crippen LogP contribution in [0.4, 0.5) is 10.1 Å². The number of ether oxygens (including phenoxy) is 1. The first-order valence-electron chi connectivity index (χ1n) is 11.5. The van der Waals surface area contributed by atoms with Gasteiger partial charge < -0.3 is 19.9 Å². The van der Waals surface area contributed by atoms with Crippen molar-refractivity contribution in [2.75, 3.05) is 38.7 Å². The van der Waals surface area contributed by atoms with Crippen LogP contribution in [0, 0.1) is 11.7 Å². The summed E-state index contributed by atoms with van der Waals surface area (Å²) >= 11 is 0. The van der Waals surface area contributed by atoms with Gasteiger partial charge in [0.05, 0.1) is 30.3 Å². The molecule has 0 bridgehead atoms. The lowest BCUT2D eigenvalue weighted by Crippen LogP contribution is -2.40. The Morgan fingerprint density at radius 2 is 2.00 bits per heavy atom. The van der Waals surface area contributed by atoms with Crippen molar-refractivity contribution in [3.8, 4) is 11.4 Å². The molecule has 1 atom stereocenters. The fraction of sp³-hybridized carbons (Fsp3) is 0.360. The van der Waals surface area contributed by atoms with E-state index < -0.39 is 0 Å². The predicted octanol–water partition coefficient (Wildman–Crippen LogP) is 3.10. The highest BCUT2D eigenvalue weighted by Crippen LogP contribution is 2.23. The van der Waals surface area contributed by atoms with E-state index in [1.54, 1.807) is 43.5 Å². The Kier molecular flexibility index (Phi) is 8.17. The molecular weight excluding hydrogens is 453 g/mol. The van der Waals surface area contributed by atoms with Crippen LogP contribution in [0.5, 0.6) is 0 Å². The van der Waals surface area contributed by atoms with Gasteiger partial charge in [-0.3, -0.25) is 14.5 Å². The van der Waals surface area contributed by atoms with Crippen molar-refractivity contribution in [1.29, 1.82) is 0 Å². The van der Waals surface area contributed by atoms with Crippen LogP contribution in [-0.2, 0) is 16.1 Å². The zero-order chi connectivity index (χ0) is 24.6. The molecule has 2 amide bonds. The Balaban J connectivity index is 1.35. The largest absolute Gasteiger partial charge is 0.383 e. The number of hydrogen-bond acceptors (Lipinski definition) is 7. The van der Waals surface area contributed by atoms with E-state index in [0.717, 1.165) is 19.4 Å². The maximum Gasteiger partial charge on any atom is 0.253 e. The Labute approximate surface area is 202 Å². The smallest absolute Gasteiger partial charge is 0.253 e. The third-order valence-corrected chi connectivity index (χ3v) is 5.83. The second kappa shape index (κ2) is 11.7. The molecule has 0 spiro atoms. The number of halogens is 1. The second-order valence-corrected chi connectivity index (χ2v) is 8.38. The molecule has 1 unspecified atom stereocenters. The number of amides is 2. The normalized spacial score (nSPS) is 16.1. The molecule has 4 rings (SSSR count). The number of hydrogen-bond donors (Lipinski definition) is 2. The van der Waals surface area contributed by atoms with Gasteiger partial charge in [0.1, 0.15) is 5.82 Å². The monoisotopic (exact) mass is 481 g/mol. The highest BCUT2D eigenvalue weighted by atomic mass is 19.1. The number of anilines is 1. The van der Waals surface area contributed by atoms with E-state index >= 15 is 0 Å². The minimum absolute atomic E-state index is 0.135. The number of piperidine rings is 1. The molecule has 1 aliphatic rings. The van der Waals surface area contributed by atoms with Gasteiger partial charge in [-0.2, -0.15) is 4.98 Å². The number of methoxy groups -OCH3 is 1. The van der Waals surface area contributed by atoms with Crippen LogP contribution >= 0.6 is 0 Å². The van der Waals surface area contributed by atoms with Gasteiger partial charge in [0, 0.05) is 25.8 Å². The number of aromatic nitrogens is 2. The number of benzene rings is 2. The lowest BCUT2D eigenvalue weighted by atomic mass is 9.96. The molecule has 3 aromatic rings. The number of carbonyl (C=O) groups excluding carboxylic acids is 2. The number of carbonyl (C=O) groups is 2. The third-order valence-electron chi connectivity index (χ3n) is 5.83. The van der Waals surface area contributed by atoms with Crippen LogP contribution in [0.3, 0.4) is 0 Å². The zero-order valence-electron chi connectivity index (χ0n) is 19.5. The van der Waals surface area contributed by atoms with E-state index in [4.69, 9.17) is 9.26 Å². The van der Waals surface area contributed by atoms with Crippen molar-refractivity contribution < 1.29 is 23.2 Å². The van der Waals surface area contributed by atoms with Crippen LogP contribution in [-0.4, -0.2) is 60.2 Å². The molecule has 1 aliphatic heterocycles. The molecule has 2 N–H and O–H groups in total. The summed E-state index contributed by atoms with van der Waals surface area (Å²) in [4.78, 5) is 32.1. The van der Waals surface area contributed by atoms with Crippen molar-refractivity contribution >= 4 is 17.5 Å². The summed E-state index contributed by atoms with van der Waals surface area (Å²) in [5.74, 6) is -0.145. The minimum Gasteiger partial charge on any atom is -0.383 e. The van der Waals surface area contributed by atoms with Gasteiger partial charge in [-0.15, -0.1) is 0 Å². The molecule has 2 aromatic carbocycles. The Hall–Kier alpha value is -3.63. The van der Waals surface area contributed by atoms with E-state index in [1.807, 2.05) is 0 Å². The third kappa shape index (κ3) is 6.49. The molecule has 35 heavy (non-hydrogen) atoms. The summed E-state index contributed by atoms with van der Waals surface area (Å²) in [6.45, 7) is 2.53. The summed E-state index contributed by atoms with van der Waals surface area (Å²) in [7, 11) is 1.57. The van der Waals surface area contributed by atoms with Gasteiger partial charge in [-0.05, 0) is 55.8 Å². The van der Waals surface area contributed by atoms with Crippen molar-refractivity contribution in [2.24, 2.45) is 5.92 Å². The maximum absolute atomic E-state index is 13.2. The topological polar surface area (TPSA) is 110 Å². The molecule has 2 heterocycles. The summed E-state index contributed by atoms with van der Waals surface area (Å²) in [6, 6.07) is 12.8. The number of para-hydroxylation sites is 1. The fourth-order valence-electron chi connectivity index (χ4n) is 4.03. The quantitative estimate of drug-likeness (QED) is 0.452. The highest BCUT2D eigenvalue weighted by Gasteiger charge is 2.28. The summed E-state index contributed by atoms with van der Waals surface area (Å²) in [5, 5.41) is 9.69. The molecule has 0 radical (unpaired) electrons. The molecule has 1 aromatic heterocycles.